The van der Waals surface area contributed by atoms with E-state index in [9.17, 15) is 9.59 Å². The highest BCUT2D eigenvalue weighted by molar-refractivity contribution is 6.03. The summed E-state index contributed by atoms with van der Waals surface area (Å²) in [5, 5.41) is 2.83. The zero-order chi connectivity index (χ0) is 15.7. The van der Waals surface area contributed by atoms with Crippen LogP contribution in [0.4, 0.5) is 5.69 Å². The zero-order valence-electron chi connectivity index (χ0n) is 13.1. The number of amides is 2. The molecule has 1 aromatic rings. The maximum atomic E-state index is 12.8. The van der Waals surface area contributed by atoms with Crippen molar-refractivity contribution in [3.63, 3.8) is 0 Å². The number of hydrogen-bond donors (Lipinski definition) is 1. The minimum absolute atomic E-state index is 0.00296. The van der Waals surface area contributed by atoms with E-state index >= 15 is 0 Å². The van der Waals surface area contributed by atoms with Gasteiger partial charge in [0.15, 0.2) is 5.60 Å². The highest BCUT2D eigenvalue weighted by Gasteiger charge is 2.52. The molecule has 1 N–H and O–H groups in total. The first-order valence-corrected chi connectivity index (χ1v) is 7.94. The van der Waals surface area contributed by atoms with E-state index in [-0.39, 0.29) is 11.8 Å². The molecule has 0 atom stereocenters. The molecule has 1 heterocycles. The molecule has 3 rings (SSSR count). The van der Waals surface area contributed by atoms with Gasteiger partial charge in [0.2, 0.25) is 5.91 Å². The van der Waals surface area contributed by atoms with E-state index in [2.05, 4.69) is 5.32 Å². The van der Waals surface area contributed by atoms with Gasteiger partial charge in [-0.1, -0.05) is 13.0 Å². The first-order valence-electron chi connectivity index (χ1n) is 7.94. The molecule has 0 unspecified atom stereocenters. The summed E-state index contributed by atoms with van der Waals surface area (Å²) in [6, 6.07) is 5.89. The third-order valence-electron chi connectivity index (χ3n) is 4.49. The van der Waals surface area contributed by atoms with Crippen LogP contribution >= 0.6 is 0 Å². The van der Waals surface area contributed by atoms with E-state index in [1.807, 2.05) is 32.0 Å². The second kappa shape index (κ2) is 5.63. The molecule has 1 fully saturated rings. The van der Waals surface area contributed by atoms with Gasteiger partial charge in [0.25, 0.3) is 5.91 Å². The van der Waals surface area contributed by atoms with Crippen LogP contribution in [-0.2, 0) is 9.59 Å². The fraction of sp³-hybridized carbons (Fsp3) is 0.529. The molecule has 22 heavy (non-hydrogen) atoms. The molecule has 2 amide bonds. The molecule has 2 aliphatic rings. The Hall–Kier alpha value is -2.04. The van der Waals surface area contributed by atoms with Gasteiger partial charge in [0, 0.05) is 19.5 Å². The Balaban J connectivity index is 1.83. The Morgan fingerprint density at radius 2 is 2.18 bits per heavy atom. The zero-order valence-corrected chi connectivity index (χ0v) is 13.1. The van der Waals surface area contributed by atoms with Crippen molar-refractivity contribution in [1.29, 1.82) is 0 Å². The van der Waals surface area contributed by atoms with Gasteiger partial charge < -0.3 is 15.0 Å². The summed E-state index contributed by atoms with van der Waals surface area (Å²) in [7, 11) is 0. The molecular formula is C17H22N2O3. The highest BCUT2D eigenvalue weighted by Crippen LogP contribution is 2.46. The lowest BCUT2D eigenvalue weighted by molar-refractivity contribution is -0.143. The lowest BCUT2D eigenvalue weighted by Crippen LogP contribution is -2.60. The van der Waals surface area contributed by atoms with Crippen LogP contribution in [0.5, 0.6) is 5.75 Å². The van der Waals surface area contributed by atoms with Crippen LogP contribution in [-0.4, -0.2) is 30.5 Å². The number of benzene rings is 1. The standard InChI is InChI=1S/C17H22N2O3/c1-3-15(20)18-9-10-19-13-6-5-12(2)11-14(13)22-17(16(19)21)7-4-8-17/h5-6,11H,3-4,7-10H2,1-2H3,(H,18,20). The highest BCUT2D eigenvalue weighted by atomic mass is 16.5. The molecule has 118 valence electrons. The normalized spacial score (nSPS) is 18.5. The molecule has 1 spiro atoms. The predicted molar refractivity (Wildman–Crippen MR) is 84.0 cm³/mol. The van der Waals surface area contributed by atoms with Gasteiger partial charge in [-0.25, -0.2) is 0 Å². The molecule has 1 aliphatic carbocycles. The number of ether oxygens (including phenoxy) is 1. The summed E-state index contributed by atoms with van der Waals surface area (Å²) in [5.41, 5.74) is 1.25. The maximum absolute atomic E-state index is 12.8. The number of fused-ring (bicyclic) bond motifs is 1. The van der Waals surface area contributed by atoms with E-state index in [0.29, 0.717) is 19.5 Å². The van der Waals surface area contributed by atoms with Gasteiger partial charge in [0.05, 0.1) is 5.69 Å². The molecule has 0 radical (unpaired) electrons. The van der Waals surface area contributed by atoms with Gasteiger partial charge in [-0.3, -0.25) is 9.59 Å². The molecule has 1 aliphatic heterocycles. The van der Waals surface area contributed by atoms with Crippen molar-refractivity contribution >= 4 is 17.5 Å². The largest absolute Gasteiger partial charge is 0.475 e. The number of nitrogens with zero attached hydrogens (tertiary/aromatic N) is 1. The minimum Gasteiger partial charge on any atom is -0.475 e. The Morgan fingerprint density at radius 1 is 1.41 bits per heavy atom. The molecule has 1 saturated carbocycles. The molecule has 5 nitrogen and oxygen atoms in total. The topological polar surface area (TPSA) is 58.6 Å². The van der Waals surface area contributed by atoms with E-state index in [4.69, 9.17) is 4.74 Å². The third-order valence-corrected chi connectivity index (χ3v) is 4.49. The van der Waals surface area contributed by atoms with Gasteiger partial charge in [-0.2, -0.15) is 0 Å². The Morgan fingerprint density at radius 3 is 2.82 bits per heavy atom. The van der Waals surface area contributed by atoms with Crippen LogP contribution in [0, 0.1) is 6.92 Å². The Bertz CT molecular complexity index is 608. The summed E-state index contributed by atoms with van der Waals surface area (Å²) in [6.07, 6.45) is 3.03. The lowest BCUT2D eigenvalue weighted by atomic mass is 9.77. The van der Waals surface area contributed by atoms with Crippen LogP contribution in [0.2, 0.25) is 0 Å². The van der Waals surface area contributed by atoms with E-state index in [1.165, 1.54) is 0 Å². The summed E-state index contributed by atoms with van der Waals surface area (Å²) in [6.45, 7) is 4.77. The quantitative estimate of drug-likeness (QED) is 0.927. The Labute approximate surface area is 130 Å². The van der Waals surface area contributed by atoms with Crippen LogP contribution in [0.3, 0.4) is 0 Å². The monoisotopic (exact) mass is 302 g/mol. The maximum Gasteiger partial charge on any atom is 0.271 e. The van der Waals surface area contributed by atoms with Crippen molar-refractivity contribution in [1.82, 2.24) is 5.32 Å². The average molecular weight is 302 g/mol. The van der Waals surface area contributed by atoms with Crippen LogP contribution < -0.4 is 15.0 Å². The average Bonchev–Trinajstić information content (AvgIpc) is 2.47. The summed E-state index contributed by atoms with van der Waals surface area (Å²) < 4.78 is 6.05. The van der Waals surface area contributed by atoms with E-state index < -0.39 is 5.60 Å². The SMILES string of the molecule is CCC(=O)NCCN1C(=O)C2(CCC2)Oc2cc(C)ccc21. The lowest BCUT2D eigenvalue weighted by Gasteiger charge is -2.47. The molecule has 0 bridgehead atoms. The van der Waals surface area contributed by atoms with Crippen molar-refractivity contribution in [3.05, 3.63) is 23.8 Å². The fourth-order valence-electron chi connectivity index (χ4n) is 3.00. The van der Waals surface area contributed by atoms with Crippen molar-refractivity contribution < 1.29 is 14.3 Å². The van der Waals surface area contributed by atoms with Crippen molar-refractivity contribution in [2.75, 3.05) is 18.0 Å². The second-order valence-electron chi connectivity index (χ2n) is 6.08. The molecule has 5 heteroatoms. The number of aryl methyl sites for hydroxylation is 1. The number of carbonyl (C=O) groups is 2. The number of carbonyl (C=O) groups excluding carboxylic acids is 2. The summed E-state index contributed by atoms with van der Waals surface area (Å²) in [4.78, 5) is 26.0. The number of nitrogens with one attached hydrogen (secondary N) is 1. The Kier molecular flexibility index (Phi) is 3.81. The minimum atomic E-state index is -0.671. The smallest absolute Gasteiger partial charge is 0.271 e. The predicted octanol–water partition coefficient (Wildman–Crippen LogP) is 2.17. The molecule has 1 aromatic carbocycles. The van der Waals surface area contributed by atoms with E-state index in [0.717, 1.165) is 36.3 Å². The van der Waals surface area contributed by atoms with Crippen LogP contribution in [0.15, 0.2) is 18.2 Å². The first kappa shape index (κ1) is 14.9. The first-order chi connectivity index (χ1) is 10.6. The van der Waals surface area contributed by atoms with Crippen LogP contribution in [0.1, 0.15) is 38.2 Å². The summed E-state index contributed by atoms with van der Waals surface area (Å²) in [5.74, 6) is 0.810. The van der Waals surface area contributed by atoms with Crippen molar-refractivity contribution in [2.24, 2.45) is 0 Å². The van der Waals surface area contributed by atoms with Crippen LogP contribution in [0.25, 0.3) is 0 Å². The van der Waals surface area contributed by atoms with Gasteiger partial charge >= 0.3 is 0 Å². The van der Waals surface area contributed by atoms with Gasteiger partial charge in [-0.15, -0.1) is 0 Å². The molecule has 0 saturated heterocycles. The molecular weight excluding hydrogens is 280 g/mol. The van der Waals surface area contributed by atoms with E-state index in [1.54, 1.807) is 4.90 Å². The number of rotatable bonds is 4. The van der Waals surface area contributed by atoms with Crippen molar-refractivity contribution in [3.8, 4) is 5.75 Å². The third kappa shape index (κ3) is 2.45. The molecule has 0 aromatic heterocycles. The second-order valence-corrected chi connectivity index (χ2v) is 6.08. The summed E-state index contributed by atoms with van der Waals surface area (Å²) >= 11 is 0. The van der Waals surface area contributed by atoms with Gasteiger partial charge in [-0.05, 0) is 43.9 Å². The number of anilines is 1. The number of hydrogen-bond acceptors (Lipinski definition) is 3. The van der Waals surface area contributed by atoms with Gasteiger partial charge in [0.1, 0.15) is 5.75 Å². The fourth-order valence-corrected chi connectivity index (χ4v) is 3.00. The van der Waals surface area contributed by atoms with Crippen molar-refractivity contribution in [2.45, 2.75) is 45.1 Å².